The summed E-state index contributed by atoms with van der Waals surface area (Å²) in [4.78, 5) is 20.6. The standard InChI is InChI=1S/C11H7ClFN3O5/c12-6-1-2-9(7(13)3-6)21-5-15-4-8(16(19)20)10(14-15)11(17)18/h1-4H,5H2,(H,17,18). The van der Waals surface area contributed by atoms with Crippen LogP contribution in [0.2, 0.25) is 5.02 Å². The minimum Gasteiger partial charge on any atom is -0.476 e. The number of hydrogen-bond acceptors (Lipinski definition) is 5. The number of aromatic nitrogens is 2. The van der Waals surface area contributed by atoms with E-state index in [1.807, 2.05) is 0 Å². The third-order valence-electron chi connectivity index (χ3n) is 2.39. The summed E-state index contributed by atoms with van der Waals surface area (Å²) in [7, 11) is 0. The largest absolute Gasteiger partial charge is 0.476 e. The maximum atomic E-state index is 13.5. The van der Waals surface area contributed by atoms with Gasteiger partial charge in [0.1, 0.15) is 6.20 Å². The summed E-state index contributed by atoms with van der Waals surface area (Å²) in [6, 6.07) is 3.70. The fraction of sp³-hybridized carbons (Fsp3) is 0.0909. The first-order chi connectivity index (χ1) is 9.88. The molecule has 110 valence electrons. The van der Waals surface area contributed by atoms with Gasteiger partial charge in [-0.05, 0) is 18.2 Å². The number of halogens is 2. The lowest BCUT2D eigenvalue weighted by Crippen LogP contribution is -2.08. The van der Waals surface area contributed by atoms with E-state index in [9.17, 15) is 19.3 Å². The molecule has 0 aliphatic rings. The third kappa shape index (κ3) is 3.26. The number of aromatic carboxylic acids is 1. The van der Waals surface area contributed by atoms with Crippen LogP contribution >= 0.6 is 11.6 Å². The van der Waals surface area contributed by atoms with Crippen molar-refractivity contribution in [1.29, 1.82) is 0 Å². The Bertz CT molecular complexity index is 686. The first kappa shape index (κ1) is 14.7. The van der Waals surface area contributed by atoms with Gasteiger partial charge in [0, 0.05) is 5.02 Å². The van der Waals surface area contributed by atoms with Gasteiger partial charge < -0.3 is 9.84 Å². The second-order valence-electron chi connectivity index (χ2n) is 3.81. The fourth-order valence-electron chi connectivity index (χ4n) is 1.49. The summed E-state index contributed by atoms with van der Waals surface area (Å²) in [5.41, 5.74) is -1.40. The predicted octanol–water partition coefficient (Wildman–Crippen LogP) is 2.32. The normalized spacial score (nSPS) is 10.4. The first-order valence-corrected chi connectivity index (χ1v) is 5.79. The van der Waals surface area contributed by atoms with Crippen molar-refractivity contribution in [2.75, 3.05) is 0 Å². The van der Waals surface area contributed by atoms with Gasteiger partial charge in [-0.25, -0.2) is 13.9 Å². The molecule has 1 heterocycles. The van der Waals surface area contributed by atoms with Gasteiger partial charge in [0.05, 0.1) is 4.92 Å². The average Bonchev–Trinajstić information content (AvgIpc) is 2.82. The molecule has 0 bridgehead atoms. The van der Waals surface area contributed by atoms with Gasteiger partial charge in [0.2, 0.25) is 5.69 Å². The molecule has 2 aromatic rings. The van der Waals surface area contributed by atoms with Gasteiger partial charge in [-0.1, -0.05) is 11.6 Å². The van der Waals surface area contributed by atoms with Gasteiger partial charge in [0.25, 0.3) is 0 Å². The molecular weight excluding hydrogens is 309 g/mol. The van der Waals surface area contributed by atoms with E-state index in [1.54, 1.807) is 0 Å². The predicted molar refractivity (Wildman–Crippen MR) is 67.9 cm³/mol. The average molecular weight is 316 g/mol. The minimum atomic E-state index is -1.54. The van der Waals surface area contributed by atoms with Gasteiger partial charge in [0.15, 0.2) is 18.3 Å². The van der Waals surface area contributed by atoms with Gasteiger partial charge in [-0.2, -0.15) is 5.10 Å². The molecule has 10 heteroatoms. The maximum absolute atomic E-state index is 13.5. The molecule has 0 aliphatic heterocycles. The van der Waals surface area contributed by atoms with E-state index in [2.05, 4.69) is 5.10 Å². The molecule has 2 rings (SSSR count). The summed E-state index contributed by atoms with van der Waals surface area (Å²) in [5.74, 6) is -2.41. The number of benzene rings is 1. The highest BCUT2D eigenvalue weighted by molar-refractivity contribution is 6.30. The number of carbonyl (C=O) groups is 1. The van der Waals surface area contributed by atoms with Crippen molar-refractivity contribution in [2.45, 2.75) is 6.73 Å². The summed E-state index contributed by atoms with van der Waals surface area (Å²) >= 11 is 5.57. The number of nitrogens with zero attached hydrogens (tertiary/aromatic N) is 3. The molecule has 1 aromatic carbocycles. The first-order valence-electron chi connectivity index (χ1n) is 5.41. The Labute approximate surface area is 121 Å². The highest BCUT2D eigenvalue weighted by atomic mass is 35.5. The highest BCUT2D eigenvalue weighted by Gasteiger charge is 2.25. The number of nitro groups is 1. The Hall–Kier alpha value is -2.68. The van der Waals surface area contributed by atoms with E-state index in [-0.39, 0.29) is 10.8 Å². The minimum absolute atomic E-state index is 0.144. The van der Waals surface area contributed by atoms with E-state index in [0.29, 0.717) is 0 Å². The van der Waals surface area contributed by atoms with Gasteiger partial charge in [-0.15, -0.1) is 0 Å². The number of carboxylic acids is 1. The van der Waals surface area contributed by atoms with E-state index in [4.69, 9.17) is 21.4 Å². The lowest BCUT2D eigenvalue weighted by Gasteiger charge is -2.06. The topological polar surface area (TPSA) is 107 Å². The number of hydrogen-bond donors (Lipinski definition) is 1. The van der Waals surface area contributed by atoms with Crippen molar-refractivity contribution in [3.8, 4) is 5.75 Å². The molecule has 21 heavy (non-hydrogen) atoms. The molecule has 1 aromatic heterocycles. The van der Waals surface area contributed by atoms with Crippen LogP contribution in [0.3, 0.4) is 0 Å². The number of carboxylic acid groups (broad SMARTS) is 1. The van der Waals surface area contributed by atoms with Crippen LogP contribution in [0.5, 0.6) is 5.75 Å². The monoisotopic (exact) mass is 315 g/mol. The summed E-state index contributed by atoms with van der Waals surface area (Å²) in [5, 5.41) is 23.1. The molecule has 0 unspecified atom stereocenters. The van der Waals surface area contributed by atoms with Crippen LogP contribution in [-0.4, -0.2) is 25.8 Å². The zero-order valence-corrected chi connectivity index (χ0v) is 11.0. The lowest BCUT2D eigenvalue weighted by atomic mass is 10.3. The second kappa shape index (κ2) is 5.75. The van der Waals surface area contributed by atoms with E-state index < -0.39 is 34.8 Å². The van der Waals surface area contributed by atoms with Crippen LogP contribution < -0.4 is 4.74 Å². The van der Waals surface area contributed by atoms with Crippen LogP contribution in [0, 0.1) is 15.9 Å². The highest BCUT2D eigenvalue weighted by Crippen LogP contribution is 2.22. The maximum Gasteiger partial charge on any atom is 0.363 e. The Kier molecular flexibility index (Phi) is 4.03. The molecule has 0 saturated carbocycles. The number of ether oxygens (including phenoxy) is 1. The zero-order chi connectivity index (χ0) is 15.6. The fourth-order valence-corrected chi connectivity index (χ4v) is 1.65. The Morgan fingerprint density at radius 2 is 2.29 bits per heavy atom. The smallest absolute Gasteiger partial charge is 0.363 e. The van der Waals surface area contributed by atoms with Crippen molar-refractivity contribution >= 4 is 23.3 Å². The van der Waals surface area contributed by atoms with E-state index in [0.717, 1.165) is 16.9 Å². The van der Waals surface area contributed by atoms with Crippen LogP contribution in [-0.2, 0) is 6.73 Å². The van der Waals surface area contributed by atoms with Crippen LogP contribution in [0.1, 0.15) is 10.5 Å². The molecule has 0 aliphatic carbocycles. The van der Waals surface area contributed by atoms with E-state index in [1.165, 1.54) is 12.1 Å². The van der Waals surface area contributed by atoms with Crippen molar-refractivity contribution in [1.82, 2.24) is 9.78 Å². The van der Waals surface area contributed by atoms with Crippen LogP contribution in [0.4, 0.5) is 10.1 Å². The SMILES string of the molecule is O=C(O)c1nn(COc2ccc(Cl)cc2F)cc1[N+](=O)[O-]. The van der Waals surface area contributed by atoms with Crippen LogP contribution in [0.15, 0.2) is 24.4 Å². The lowest BCUT2D eigenvalue weighted by molar-refractivity contribution is -0.385. The molecule has 1 N–H and O–H groups in total. The van der Waals surface area contributed by atoms with Crippen molar-refractivity contribution < 1.29 is 24.0 Å². The zero-order valence-electron chi connectivity index (χ0n) is 10.2. The van der Waals surface area contributed by atoms with Crippen molar-refractivity contribution in [3.05, 3.63) is 51.0 Å². The molecule has 8 nitrogen and oxygen atoms in total. The summed E-state index contributed by atoms with van der Waals surface area (Å²) in [6.45, 7) is -0.396. The summed E-state index contributed by atoms with van der Waals surface area (Å²) < 4.78 is 19.4. The second-order valence-corrected chi connectivity index (χ2v) is 4.25. The number of rotatable bonds is 5. The Morgan fingerprint density at radius 1 is 1.57 bits per heavy atom. The van der Waals surface area contributed by atoms with Crippen LogP contribution in [0.25, 0.3) is 0 Å². The molecule has 0 atom stereocenters. The molecule has 0 radical (unpaired) electrons. The van der Waals surface area contributed by atoms with Crippen molar-refractivity contribution in [2.24, 2.45) is 0 Å². The quantitative estimate of drug-likeness (QED) is 0.670. The molecule has 0 amide bonds. The molecular formula is C11H7ClFN3O5. The van der Waals surface area contributed by atoms with Gasteiger partial charge in [-0.3, -0.25) is 10.1 Å². The molecule has 0 spiro atoms. The van der Waals surface area contributed by atoms with Gasteiger partial charge >= 0.3 is 11.7 Å². The molecule has 0 fully saturated rings. The molecule has 0 saturated heterocycles. The Balaban J connectivity index is 2.18. The van der Waals surface area contributed by atoms with Crippen molar-refractivity contribution in [3.63, 3.8) is 0 Å². The summed E-state index contributed by atoms with van der Waals surface area (Å²) in [6.07, 6.45) is 0.886. The Morgan fingerprint density at radius 3 is 2.81 bits per heavy atom. The third-order valence-corrected chi connectivity index (χ3v) is 2.62. The van der Waals surface area contributed by atoms with E-state index >= 15 is 0 Å².